The third kappa shape index (κ3) is 12.5. The first-order valence-corrected chi connectivity index (χ1v) is 12.2. The molecule has 0 unspecified atom stereocenters. The summed E-state index contributed by atoms with van der Waals surface area (Å²) in [7, 11) is -4.45. The minimum atomic E-state index is -4.45. The summed E-state index contributed by atoms with van der Waals surface area (Å²) in [5.41, 5.74) is 0.434. The van der Waals surface area contributed by atoms with Gasteiger partial charge in [0.15, 0.2) is 0 Å². The molecule has 0 heterocycles. The topological polar surface area (TPSA) is 77.4 Å². The van der Waals surface area contributed by atoms with Crippen molar-refractivity contribution in [3.8, 4) is 5.75 Å². The van der Waals surface area contributed by atoms with Crippen molar-refractivity contribution >= 4 is 10.1 Å². The van der Waals surface area contributed by atoms with Gasteiger partial charge in [-0.3, -0.25) is 4.55 Å². The van der Waals surface area contributed by atoms with Crippen molar-refractivity contribution < 1.29 is 47.6 Å². The van der Waals surface area contributed by atoms with Crippen molar-refractivity contribution in [1.82, 2.24) is 0 Å². The smallest absolute Gasteiger partial charge is 0.872 e. The predicted octanol–water partition coefficient (Wildman–Crippen LogP) is 3.03. The van der Waals surface area contributed by atoms with Gasteiger partial charge in [0.05, 0.1) is 4.90 Å². The van der Waals surface area contributed by atoms with Gasteiger partial charge in [-0.05, 0) is 18.4 Å². The molecular formula is C22H37NaO4S. The van der Waals surface area contributed by atoms with Crippen molar-refractivity contribution in [1.29, 1.82) is 0 Å². The largest absolute Gasteiger partial charge is 1.00 e. The van der Waals surface area contributed by atoms with Crippen LogP contribution in [0.4, 0.5) is 0 Å². The Hall–Kier alpha value is -0.0700. The number of hydrogen-bond donors (Lipinski definition) is 1. The zero-order valence-electron chi connectivity index (χ0n) is 17.9. The number of unbranched alkanes of at least 4 members (excludes halogenated alkanes) is 13. The van der Waals surface area contributed by atoms with Crippen LogP contribution in [-0.4, -0.2) is 13.0 Å². The number of aryl methyl sites for hydroxylation is 1. The molecule has 4 nitrogen and oxygen atoms in total. The van der Waals surface area contributed by atoms with Crippen LogP contribution in [0.2, 0.25) is 0 Å². The summed E-state index contributed by atoms with van der Waals surface area (Å²) in [6.07, 6.45) is 18.2. The average molecular weight is 421 g/mol. The van der Waals surface area contributed by atoms with Gasteiger partial charge < -0.3 is 5.11 Å². The molecule has 156 valence electrons. The molecule has 1 aromatic carbocycles. The van der Waals surface area contributed by atoms with Crippen molar-refractivity contribution in [3.05, 3.63) is 23.8 Å². The van der Waals surface area contributed by atoms with Crippen LogP contribution in [-0.2, 0) is 16.5 Å². The molecule has 0 saturated heterocycles. The SMILES string of the molecule is CCCCCCCCCCCCCCCCc1cccc([O-])c1S(=O)(=O)O.[Na+]. The molecular weight excluding hydrogens is 383 g/mol. The van der Waals surface area contributed by atoms with E-state index in [-0.39, 0.29) is 29.6 Å². The molecule has 0 radical (unpaired) electrons. The van der Waals surface area contributed by atoms with Crippen LogP contribution in [0, 0.1) is 0 Å². The first-order valence-electron chi connectivity index (χ1n) is 10.7. The summed E-state index contributed by atoms with van der Waals surface area (Å²) in [6, 6.07) is 4.35. The monoisotopic (exact) mass is 420 g/mol. The minimum absolute atomic E-state index is 0. The summed E-state index contributed by atoms with van der Waals surface area (Å²) in [4.78, 5) is -0.445. The van der Waals surface area contributed by atoms with Gasteiger partial charge in [-0.2, -0.15) is 8.42 Å². The van der Waals surface area contributed by atoms with E-state index in [0.29, 0.717) is 12.0 Å². The van der Waals surface area contributed by atoms with Gasteiger partial charge in [-0.15, -0.1) is 0 Å². The van der Waals surface area contributed by atoms with E-state index in [1.807, 2.05) is 0 Å². The Labute approximate surface area is 194 Å². The van der Waals surface area contributed by atoms with Crippen LogP contribution in [0.1, 0.15) is 102 Å². The van der Waals surface area contributed by atoms with Crippen LogP contribution in [0.15, 0.2) is 23.1 Å². The predicted molar refractivity (Wildman–Crippen MR) is 110 cm³/mol. The van der Waals surface area contributed by atoms with Crippen LogP contribution in [0.5, 0.6) is 5.75 Å². The van der Waals surface area contributed by atoms with E-state index in [1.54, 1.807) is 12.1 Å². The molecule has 0 atom stereocenters. The Bertz CT molecular complexity index is 617. The Morgan fingerprint density at radius 1 is 0.786 bits per heavy atom. The second kappa shape index (κ2) is 16.7. The maximum Gasteiger partial charge on any atom is 1.00 e. The average Bonchev–Trinajstić information content (AvgIpc) is 2.61. The molecule has 1 rings (SSSR count). The third-order valence-electron chi connectivity index (χ3n) is 5.12. The summed E-state index contributed by atoms with van der Waals surface area (Å²) in [6.45, 7) is 2.25. The Morgan fingerprint density at radius 3 is 1.64 bits per heavy atom. The summed E-state index contributed by atoms with van der Waals surface area (Å²) in [5.74, 6) is -0.625. The molecule has 0 aliphatic carbocycles. The van der Waals surface area contributed by atoms with Gasteiger partial charge >= 0.3 is 29.6 Å². The molecule has 0 bridgehead atoms. The van der Waals surface area contributed by atoms with Gasteiger partial charge in [0.1, 0.15) is 0 Å². The first-order chi connectivity index (χ1) is 13.0. The van der Waals surface area contributed by atoms with Gasteiger partial charge in [-0.1, -0.05) is 114 Å². The van der Waals surface area contributed by atoms with Crippen molar-refractivity contribution in [2.75, 3.05) is 0 Å². The van der Waals surface area contributed by atoms with E-state index in [4.69, 9.17) is 0 Å². The van der Waals surface area contributed by atoms with E-state index >= 15 is 0 Å². The zero-order chi connectivity index (χ0) is 20.0. The maximum absolute atomic E-state index is 11.7. The van der Waals surface area contributed by atoms with Crippen molar-refractivity contribution in [2.24, 2.45) is 0 Å². The molecule has 0 spiro atoms. The standard InChI is InChI=1S/C22H38O4S.Na/c1-2-3-4-5-6-7-8-9-10-11-12-13-14-15-17-20-18-16-19-21(23)22(20)27(24,25)26;/h16,18-19,23H,2-15,17H2,1H3,(H,24,25,26);/q;+1/p-1. The Balaban J connectivity index is 0.00000729. The number of hydrogen-bond acceptors (Lipinski definition) is 3. The normalized spacial score (nSPS) is 11.4. The van der Waals surface area contributed by atoms with Gasteiger partial charge in [0.2, 0.25) is 0 Å². The van der Waals surface area contributed by atoms with Gasteiger partial charge in [-0.25, -0.2) is 0 Å². The van der Waals surface area contributed by atoms with Gasteiger partial charge in [0, 0.05) is 0 Å². The fourth-order valence-corrected chi connectivity index (χ4v) is 4.38. The summed E-state index contributed by atoms with van der Waals surface area (Å²) >= 11 is 0. The molecule has 6 heteroatoms. The van der Waals surface area contributed by atoms with Crippen LogP contribution in [0.3, 0.4) is 0 Å². The van der Waals surface area contributed by atoms with E-state index in [0.717, 1.165) is 19.3 Å². The molecule has 1 aromatic rings. The fourth-order valence-electron chi connectivity index (χ4n) is 3.56. The van der Waals surface area contributed by atoms with Crippen molar-refractivity contribution in [2.45, 2.75) is 108 Å². The van der Waals surface area contributed by atoms with E-state index < -0.39 is 20.8 Å². The van der Waals surface area contributed by atoms with Crippen LogP contribution < -0.4 is 34.7 Å². The molecule has 28 heavy (non-hydrogen) atoms. The van der Waals surface area contributed by atoms with Crippen molar-refractivity contribution in [3.63, 3.8) is 0 Å². The Morgan fingerprint density at radius 2 is 1.21 bits per heavy atom. The third-order valence-corrected chi connectivity index (χ3v) is 6.10. The second-order valence-corrected chi connectivity index (χ2v) is 8.92. The number of benzene rings is 1. The zero-order valence-corrected chi connectivity index (χ0v) is 20.7. The van der Waals surface area contributed by atoms with E-state index in [9.17, 15) is 18.1 Å². The van der Waals surface area contributed by atoms with Crippen LogP contribution in [0.25, 0.3) is 0 Å². The van der Waals surface area contributed by atoms with Crippen LogP contribution >= 0.6 is 0 Å². The maximum atomic E-state index is 11.7. The fraction of sp³-hybridized carbons (Fsp3) is 0.727. The first kappa shape index (κ1) is 27.9. The minimum Gasteiger partial charge on any atom is -0.872 e. The quantitative estimate of drug-likeness (QED) is 0.253. The Kier molecular flexibility index (Phi) is 16.7. The van der Waals surface area contributed by atoms with E-state index in [1.165, 1.54) is 76.7 Å². The second-order valence-electron chi connectivity index (χ2n) is 7.57. The molecule has 0 aliphatic heterocycles. The number of rotatable bonds is 16. The molecule has 0 amide bonds. The molecule has 1 N–H and O–H groups in total. The van der Waals surface area contributed by atoms with Gasteiger partial charge in [0.25, 0.3) is 10.1 Å². The van der Waals surface area contributed by atoms with E-state index in [2.05, 4.69) is 6.92 Å². The molecule has 0 aliphatic rings. The summed E-state index contributed by atoms with van der Waals surface area (Å²) in [5, 5.41) is 11.7. The molecule has 0 saturated carbocycles. The molecule has 0 fully saturated rings. The molecule has 0 aromatic heterocycles. The summed E-state index contributed by atoms with van der Waals surface area (Å²) < 4.78 is 32.0.